The largest absolute Gasteiger partial charge is 0.497 e. The minimum atomic E-state index is -0.303. The summed E-state index contributed by atoms with van der Waals surface area (Å²) < 4.78 is 5.11. The van der Waals surface area contributed by atoms with Gasteiger partial charge < -0.3 is 20.7 Å². The van der Waals surface area contributed by atoms with Gasteiger partial charge in [0.1, 0.15) is 5.75 Å². The van der Waals surface area contributed by atoms with Gasteiger partial charge in [-0.05, 0) is 47.0 Å². The van der Waals surface area contributed by atoms with Crippen LogP contribution in [0.25, 0.3) is 0 Å². The number of hydrogen-bond acceptors (Lipinski definition) is 5. The number of amides is 3. The standard InChI is InChI=1S/C22H23N5O3/c1-30-20-8-4-17(5-9-20)13-24-22(29)27-19-6-2-16(3-7-19)12-21(28)23-14-18-10-11-25-26-15-18/h2-11,15H,12-14H2,1H3,(H,23,28)(H2,24,27,29). The molecule has 3 N–H and O–H groups in total. The van der Waals surface area contributed by atoms with Crippen molar-refractivity contribution < 1.29 is 14.3 Å². The van der Waals surface area contributed by atoms with E-state index >= 15 is 0 Å². The van der Waals surface area contributed by atoms with Crippen LogP contribution < -0.4 is 20.7 Å². The monoisotopic (exact) mass is 405 g/mol. The molecule has 0 saturated carbocycles. The number of nitrogens with zero attached hydrogens (tertiary/aromatic N) is 2. The summed E-state index contributed by atoms with van der Waals surface area (Å²) in [7, 11) is 1.61. The molecule has 8 heteroatoms. The summed E-state index contributed by atoms with van der Waals surface area (Å²) in [5, 5.41) is 15.9. The second-order valence-electron chi connectivity index (χ2n) is 6.56. The summed E-state index contributed by atoms with van der Waals surface area (Å²) in [6.45, 7) is 0.809. The van der Waals surface area contributed by atoms with Crippen LogP contribution in [-0.4, -0.2) is 29.2 Å². The van der Waals surface area contributed by atoms with Crippen LogP contribution in [-0.2, 0) is 24.3 Å². The van der Waals surface area contributed by atoms with Gasteiger partial charge in [0.15, 0.2) is 0 Å². The molecule has 30 heavy (non-hydrogen) atoms. The molecule has 1 heterocycles. The molecule has 3 amide bonds. The van der Waals surface area contributed by atoms with Crippen LogP contribution in [0, 0.1) is 0 Å². The average molecular weight is 405 g/mol. The molecule has 3 rings (SSSR count). The summed E-state index contributed by atoms with van der Waals surface area (Å²) in [4.78, 5) is 24.1. The molecule has 1 aromatic heterocycles. The second-order valence-corrected chi connectivity index (χ2v) is 6.56. The number of anilines is 1. The van der Waals surface area contributed by atoms with Gasteiger partial charge in [-0.15, -0.1) is 0 Å². The Labute approximate surface area is 174 Å². The van der Waals surface area contributed by atoms with E-state index in [9.17, 15) is 9.59 Å². The van der Waals surface area contributed by atoms with Gasteiger partial charge in [-0.25, -0.2) is 4.79 Å². The fourth-order valence-electron chi connectivity index (χ4n) is 2.68. The van der Waals surface area contributed by atoms with Crippen molar-refractivity contribution in [3.63, 3.8) is 0 Å². The topological polar surface area (TPSA) is 105 Å². The highest BCUT2D eigenvalue weighted by Gasteiger charge is 2.06. The lowest BCUT2D eigenvalue weighted by atomic mass is 10.1. The maximum Gasteiger partial charge on any atom is 0.319 e. The Balaban J connectivity index is 1.41. The molecule has 0 aliphatic rings. The summed E-state index contributed by atoms with van der Waals surface area (Å²) in [5.41, 5.74) is 3.35. The Hall–Kier alpha value is -3.94. The normalized spacial score (nSPS) is 10.2. The van der Waals surface area contributed by atoms with Crippen LogP contribution in [0.2, 0.25) is 0 Å². The lowest BCUT2D eigenvalue weighted by Gasteiger charge is -2.09. The Kier molecular flexibility index (Phi) is 7.32. The first-order valence-electron chi connectivity index (χ1n) is 9.41. The van der Waals surface area contributed by atoms with E-state index in [0.717, 1.165) is 22.4 Å². The highest BCUT2D eigenvalue weighted by atomic mass is 16.5. The maximum absolute atomic E-state index is 12.1. The van der Waals surface area contributed by atoms with Crippen LogP contribution in [0.3, 0.4) is 0 Å². The minimum Gasteiger partial charge on any atom is -0.497 e. The third-order valence-corrected chi connectivity index (χ3v) is 4.32. The first kappa shape index (κ1) is 20.8. The first-order valence-corrected chi connectivity index (χ1v) is 9.41. The molecule has 0 spiro atoms. The zero-order chi connectivity index (χ0) is 21.2. The number of carbonyl (C=O) groups excluding carboxylic acids is 2. The molecule has 0 atom stereocenters. The van der Waals surface area contributed by atoms with Gasteiger partial charge in [0, 0.05) is 25.0 Å². The molecule has 8 nitrogen and oxygen atoms in total. The van der Waals surface area contributed by atoms with Gasteiger partial charge >= 0.3 is 6.03 Å². The lowest BCUT2D eigenvalue weighted by molar-refractivity contribution is -0.120. The molecular formula is C22H23N5O3. The highest BCUT2D eigenvalue weighted by Crippen LogP contribution is 2.12. The maximum atomic E-state index is 12.1. The van der Waals surface area contributed by atoms with Crippen molar-refractivity contribution in [1.29, 1.82) is 0 Å². The Bertz CT molecular complexity index is 960. The smallest absolute Gasteiger partial charge is 0.319 e. The fraction of sp³-hybridized carbons (Fsp3) is 0.182. The average Bonchev–Trinajstić information content (AvgIpc) is 2.79. The highest BCUT2D eigenvalue weighted by molar-refractivity contribution is 5.89. The number of ether oxygens (including phenoxy) is 1. The molecule has 3 aromatic rings. The molecule has 0 unspecified atom stereocenters. The van der Waals surface area contributed by atoms with E-state index in [-0.39, 0.29) is 18.4 Å². The van der Waals surface area contributed by atoms with E-state index in [1.54, 1.807) is 37.7 Å². The van der Waals surface area contributed by atoms with E-state index in [1.165, 1.54) is 0 Å². The van der Waals surface area contributed by atoms with Crippen LogP contribution in [0.1, 0.15) is 16.7 Å². The van der Waals surface area contributed by atoms with E-state index < -0.39 is 0 Å². The number of urea groups is 1. The van der Waals surface area contributed by atoms with Crippen molar-refractivity contribution in [3.05, 3.63) is 83.7 Å². The van der Waals surface area contributed by atoms with Crippen molar-refractivity contribution >= 4 is 17.6 Å². The molecule has 0 fully saturated rings. The zero-order valence-corrected chi connectivity index (χ0v) is 16.6. The fourth-order valence-corrected chi connectivity index (χ4v) is 2.68. The SMILES string of the molecule is COc1ccc(CNC(=O)Nc2ccc(CC(=O)NCc3ccnnc3)cc2)cc1. The minimum absolute atomic E-state index is 0.0928. The van der Waals surface area contributed by atoms with E-state index in [0.29, 0.717) is 18.8 Å². The number of rotatable bonds is 8. The Morgan fingerprint density at radius 3 is 2.20 bits per heavy atom. The zero-order valence-electron chi connectivity index (χ0n) is 16.6. The van der Waals surface area contributed by atoms with Gasteiger partial charge in [0.2, 0.25) is 5.91 Å². The van der Waals surface area contributed by atoms with Gasteiger partial charge in [-0.2, -0.15) is 10.2 Å². The molecule has 0 radical (unpaired) electrons. The molecule has 154 valence electrons. The molecule has 0 bridgehead atoms. The van der Waals surface area contributed by atoms with E-state index in [2.05, 4.69) is 26.1 Å². The summed E-state index contributed by atoms with van der Waals surface area (Å²) in [6, 6.07) is 16.1. The third kappa shape index (κ3) is 6.59. The molecular weight excluding hydrogens is 382 g/mol. The molecule has 0 saturated heterocycles. The first-order chi connectivity index (χ1) is 14.6. The van der Waals surface area contributed by atoms with Crippen molar-refractivity contribution in [2.75, 3.05) is 12.4 Å². The predicted octanol–water partition coefficient (Wildman–Crippen LogP) is 2.67. The molecule has 0 aliphatic carbocycles. The molecule has 2 aromatic carbocycles. The van der Waals surface area contributed by atoms with E-state index in [4.69, 9.17) is 4.74 Å². The summed E-state index contributed by atoms with van der Waals surface area (Å²) >= 11 is 0. The van der Waals surface area contributed by atoms with Gasteiger partial charge in [0.05, 0.1) is 19.7 Å². The van der Waals surface area contributed by atoms with Crippen LogP contribution >= 0.6 is 0 Å². The molecule has 0 aliphatic heterocycles. The Morgan fingerprint density at radius 2 is 1.53 bits per heavy atom. The van der Waals surface area contributed by atoms with Gasteiger partial charge in [0.25, 0.3) is 0 Å². The number of aromatic nitrogens is 2. The van der Waals surface area contributed by atoms with Crippen LogP contribution in [0.15, 0.2) is 67.0 Å². The number of hydrogen-bond donors (Lipinski definition) is 3. The summed E-state index contributed by atoms with van der Waals surface area (Å²) in [6.07, 6.45) is 3.45. The third-order valence-electron chi connectivity index (χ3n) is 4.32. The quantitative estimate of drug-likeness (QED) is 0.534. The van der Waals surface area contributed by atoms with Crippen LogP contribution in [0.4, 0.5) is 10.5 Å². The van der Waals surface area contributed by atoms with Crippen molar-refractivity contribution in [3.8, 4) is 5.75 Å². The van der Waals surface area contributed by atoms with Gasteiger partial charge in [-0.3, -0.25) is 4.79 Å². The number of nitrogens with one attached hydrogen (secondary N) is 3. The number of carbonyl (C=O) groups is 2. The van der Waals surface area contributed by atoms with Gasteiger partial charge in [-0.1, -0.05) is 24.3 Å². The Morgan fingerprint density at radius 1 is 0.833 bits per heavy atom. The number of benzene rings is 2. The van der Waals surface area contributed by atoms with Crippen molar-refractivity contribution in [1.82, 2.24) is 20.8 Å². The summed E-state index contributed by atoms with van der Waals surface area (Å²) in [5.74, 6) is 0.677. The lowest BCUT2D eigenvalue weighted by Crippen LogP contribution is -2.28. The predicted molar refractivity (Wildman–Crippen MR) is 113 cm³/mol. The number of methoxy groups -OCH3 is 1. The second kappa shape index (κ2) is 10.6. The van der Waals surface area contributed by atoms with Crippen molar-refractivity contribution in [2.24, 2.45) is 0 Å². The van der Waals surface area contributed by atoms with Crippen LogP contribution in [0.5, 0.6) is 5.75 Å². The van der Waals surface area contributed by atoms with Crippen molar-refractivity contribution in [2.45, 2.75) is 19.5 Å². The van der Waals surface area contributed by atoms with E-state index in [1.807, 2.05) is 36.4 Å².